The molecule has 0 aliphatic carbocycles. The summed E-state index contributed by atoms with van der Waals surface area (Å²) in [5, 5.41) is 6.72. The Morgan fingerprint density at radius 2 is 1.72 bits per heavy atom. The van der Waals surface area contributed by atoms with Gasteiger partial charge in [-0.2, -0.15) is 0 Å². The number of nitrogens with one attached hydrogen (secondary N) is 2. The highest BCUT2D eigenvalue weighted by atomic mass is 16.5. The van der Waals surface area contributed by atoms with Gasteiger partial charge < -0.3 is 24.8 Å². The number of hydrogen-bond acceptors (Lipinski definition) is 4. The molecule has 6 heteroatoms. The summed E-state index contributed by atoms with van der Waals surface area (Å²) in [5.41, 5.74) is 2.28. The van der Waals surface area contributed by atoms with Gasteiger partial charge in [0.2, 0.25) is 0 Å². The van der Waals surface area contributed by atoms with Gasteiger partial charge >= 0.3 is 0 Å². The second-order valence-corrected chi connectivity index (χ2v) is 6.74. The Kier molecular flexibility index (Phi) is 9.15. The van der Waals surface area contributed by atoms with E-state index in [0.29, 0.717) is 18.2 Å². The van der Waals surface area contributed by atoms with E-state index in [9.17, 15) is 0 Å². The van der Waals surface area contributed by atoms with Gasteiger partial charge in [0.25, 0.3) is 0 Å². The first-order chi connectivity index (χ1) is 14.1. The smallest absolute Gasteiger partial charge is 0.191 e. The van der Waals surface area contributed by atoms with E-state index < -0.39 is 0 Å². The Morgan fingerprint density at radius 3 is 2.34 bits per heavy atom. The van der Waals surface area contributed by atoms with Crippen LogP contribution in [0.15, 0.2) is 47.5 Å². The van der Waals surface area contributed by atoms with Gasteiger partial charge in [0.15, 0.2) is 17.5 Å². The SMILES string of the molecule is CCNC(=NCc1cccc(OC)c1OC)NCCC(C)c1ccc(OC)cc1. The maximum absolute atomic E-state index is 5.49. The van der Waals surface area contributed by atoms with Crippen LogP contribution in [-0.2, 0) is 6.54 Å². The van der Waals surface area contributed by atoms with Crippen LogP contribution in [0.2, 0.25) is 0 Å². The van der Waals surface area contributed by atoms with Crippen molar-refractivity contribution >= 4 is 5.96 Å². The molecule has 0 saturated carbocycles. The molecular weight excluding hydrogens is 366 g/mol. The summed E-state index contributed by atoms with van der Waals surface area (Å²) in [6.07, 6.45) is 0.999. The van der Waals surface area contributed by atoms with E-state index in [-0.39, 0.29) is 0 Å². The highest BCUT2D eigenvalue weighted by molar-refractivity contribution is 5.79. The van der Waals surface area contributed by atoms with Gasteiger partial charge in [-0.05, 0) is 43.0 Å². The van der Waals surface area contributed by atoms with E-state index in [0.717, 1.165) is 42.5 Å². The second-order valence-electron chi connectivity index (χ2n) is 6.74. The van der Waals surface area contributed by atoms with Crippen LogP contribution in [-0.4, -0.2) is 40.4 Å². The van der Waals surface area contributed by atoms with Crippen LogP contribution in [0, 0.1) is 0 Å². The minimum absolute atomic E-state index is 0.440. The van der Waals surface area contributed by atoms with Crippen molar-refractivity contribution < 1.29 is 14.2 Å². The zero-order valence-electron chi connectivity index (χ0n) is 18.1. The summed E-state index contributed by atoms with van der Waals surface area (Å²) in [4.78, 5) is 4.70. The minimum Gasteiger partial charge on any atom is -0.497 e. The number of hydrogen-bond donors (Lipinski definition) is 2. The maximum Gasteiger partial charge on any atom is 0.191 e. The molecule has 0 aliphatic rings. The molecule has 2 aromatic rings. The molecule has 0 fully saturated rings. The van der Waals surface area contributed by atoms with Gasteiger partial charge in [0.05, 0.1) is 27.9 Å². The molecule has 0 radical (unpaired) electrons. The molecule has 0 aliphatic heterocycles. The topological polar surface area (TPSA) is 64.1 Å². The van der Waals surface area contributed by atoms with E-state index in [1.54, 1.807) is 21.3 Å². The minimum atomic E-state index is 0.440. The van der Waals surface area contributed by atoms with Gasteiger partial charge in [-0.15, -0.1) is 0 Å². The number of para-hydroxylation sites is 1. The molecule has 0 aromatic heterocycles. The summed E-state index contributed by atoms with van der Waals surface area (Å²) < 4.78 is 16.1. The highest BCUT2D eigenvalue weighted by Crippen LogP contribution is 2.31. The average Bonchev–Trinajstić information content (AvgIpc) is 2.76. The normalized spacial score (nSPS) is 12.2. The lowest BCUT2D eigenvalue weighted by atomic mass is 9.98. The van der Waals surface area contributed by atoms with Crippen molar-refractivity contribution in [2.75, 3.05) is 34.4 Å². The molecule has 2 rings (SSSR count). The van der Waals surface area contributed by atoms with Gasteiger partial charge in [-0.1, -0.05) is 31.2 Å². The zero-order valence-corrected chi connectivity index (χ0v) is 18.1. The largest absolute Gasteiger partial charge is 0.497 e. The molecular formula is C23H33N3O3. The van der Waals surface area contributed by atoms with Crippen LogP contribution in [0.3, 0.4) is 0 Å². The predicted octanol–water partition coefficient (Wildman–Crippen LogP) is 3.96. The number of aliphatic imine (C=N–C) groups is 1. The van der Waals surface area contributed by atoms with Crippen molar-refractivity contribution in [3.63, 3.8) is 0 Å². The quantitative estimate of drug-likeness (QED) is 0.468. The summed E-state index contributed by atoms with van der Waals surface area (Å²) in [6.45, 7) is 6.42. The zero-order chi connectivity index (χ0) is 21.1. The summed E-state index contributed by atoms with van der Waals surface area (Å²) in [5.74, 6) is 3.55. The highest BCUT2D eigenvalue weighted by Gasteiger charge is 2.10. The number of guanidine groups is 1. The molecule has 0 spiro atoms. The van der Waals surface area contributed by atoms with E-state index >= 15 is 0 Å². The van der Waals surface area contributed by atoms with Crippen LogP contribution in [0.25, 0.3) is 0 Å². The summed E-state index contributed by atoms with van der Waals surface area (Å²) in [7, 11) is 4.97. The average molecular weight is 400 g/mol. The third kappa shape index (κ3) is 6.59. The third-order valence-corrected chi connectivity index (χ3v) is 4.79. The van der Waals surface area contributed by atoms with Crippen molar-refractivity contribution in [2.24, 2.45) is 4.99 Å². The lowest BCUT2D eigenvalue weighted by molar-refractivity contribution is 0.352. The Bertz CT molecular complexity index is 775. The molecule has 0 heterocycles. The van der Waals surface area contributed by atoms with Gasteiger partial charge in [-0.3, -0.25) is 0 Å². The first-order valence-corrected chi connectivity index (χ1v) is 9.98. The molecule has 2 N–H and O–H groups in total. The molecule has 29 heavy (non-hydrogen) atoms. The van der Waals surface area contributed by atoms with Crippen LogP contribution >= 0.6 is 0 Å². The number of ether oxygens (including phenoxy) is 3. The molecule has 1 atom stereocenters. The van der Waals surface area contributed by atoms with E-state index in [1.807, 2.05) is 30.3 Å². The fraction of sp³-hybridized carbons (Fsp3) is 0.435. The van der Waals surface area contributed by atoms with E-state index in [4.69, 9.17) is 19.2 Å². The first kappa shape index (κ1) is 22.4. The third-order valence-electron chi connectivity index (χ3n) is 4.79. The standard InChI is InChI=1S/C23H33N3O3/c1-6-24-23(26-16-19-8-7-9-21(28-4)22(19)29-5)25-15-14-17(2)18-10-12-20(27-3)13-11-18/h7-13,17H,6,14-16H2,1-5H3,(H2,24,25,26). The molecule has 0 saturated heterocycles. The molecule has 0 bridgehead atoms. The van der Waals surface area contributed by atoms with Crippen molar-refractivity contribution in [1.82, 2.24) is 10.6 Å². The number of nitrogens with zero attached hydrogens (tertiary/aromatic N) is 1. The Labute approximate surface area is 174 Å². The van der Waals surface area contributed by atoms with Crippen LogP contribution in [0.5, 0.6) is 17.2 Å². The number of methoxy groups -OCH3 is 3. The van der Waals surface area contributed by atoms with Gasteiger partial charge in [0.1, 0.15) is 5.75 Å². The summed E-state index contributed by atoms with van der Waals surface area (Å²) in [6, 6.07) is 14.1. The maximum atomic E-state index is 5.49. The van der Waals surface area contributed by atoms with E-state index in [1.165, 1.54) is 5.56 Å². The van der Waals surface area contributed by atoms with Gasteiger partial charge in [0, 0.05) is 18.7 Å². The second kappa shape index (κ2) is 11.8. The Hall–Kier alpha value is -2.89. The van der Waals surface area contributed by atoms with Crippen molar-refractivity contribution in [2.45, 2.75) is 32.7 Å². The van der Waals surface area contributed by atoms with Crippen molar-refractivity contribution in [3.8, 4) is 17.2 Å². The van der Waals surface area contributed by atoms with Crippen molar-refractivity contribution in [3.05, 3.63) is 53.6 Å². The van der Waals surface area contributed by atoms with E-state index in [2.05, 4.69) is 36.6 Å². The Morgan fingerprint density at radius 1 is 0.966 bits per heavy atom. The molecule has 2 aromatic carbocycles. The van der Waals surface area contributed by atoms with Crippen LogP contribution < -0.4 is 24.8 Å². The lowest BCUT2D eigenvalue weighted by Gasteiger charge is -2.16. The molecule has 6 nitrogen and oxygen atoms in total. The monoisotopic (exact) mass is 399 g/mol. The molecule has 1 unspecified atom stereocenters. The first-order valence-electron chi connectivity index (χ1n) is 9.98. The Balaban J connectivity index is 1.95. The van der Waals surface area contributed by atoms with Crippen LogP contribution in [0.4, 0.5) is 0 Å². The molecule has 158 valence electrons. The number of benzene rings is 2. The summed E-state index contributed by atoms with van der Waals surface area (Å²) >= 11 is 0. The fourth-order valence-corrected chi connectivity index (χ4v) is 3.09. The fourth-order valence-electron chi connectivity index (χ4n) is 3.09. The predicted molar refractivity (Wildman–Crippen MR) is 118 cm³/mol. The van der Waals surface area contributed by atoms with Gasteiger partial charge in [-0.25, -0.2) is 4.99 Å². The van der Waals surface area contributed by atoms with Crippen molar-refractivity contribution in [1.29, 1.82) is 0 Å². The van der Waals surface area contributed by atoms with Crippen LogP contribution in [0.1, 0.15) is 37.3 Å². The molecule has 0 amide bonds. The lowest BCUT2D eigenvalue weighted by Crippen LogP contribution is -2.38. The number of rotatable bonds is 10.